The summed E-state index contributed by atoms with van der Waals surface area (Å²) in [7, 11) is 2.00. The Morgan fingerprint density at radius 2 is 1.92 bits per heavy atom. The molecule has 0 aromatic carbocycles. The molecule has 1 aliphatic rings. The lowest BCUT2D eigenvalue weighted by Gasteiger charge is -2.37. The lowest BCUT2D eigenvalue weighted by molar-refractivity contribution is -0.133. The van der Waals surface area contributed by atoms with Crippen LogP contribution in [0.2, 0.25) is 0 Å². The number of hydrogen-bond acceptors (Lipinski definition) is 3. The van der Waals surface area contributed by atoms with E-state index in [-0.39, 0.29) is 5.54 Å². The van der Waals surface area contributed by atoms with Gasteiger partial charge in [0.05, 0.1) is 0 Å². The molecule has 24 heavy (non-hydrogen) atoms. The van der Waals surface area contributed by atoms with Gasteiger partial charge in [0.25, 0.3) is 0 Å². The zero-order chi connectivity index (χ0) is 18.2. The number of amides is 1. The highest BCUT2D eigenvalue weighted by Gasteiger charge is 2.25. The summed E-state index contributed by atoms with van der Waals surface area (Å²) in [5.41, 5.74) is 0.136. The van der Waals surface area contributed by atoms with Gasteiger partial charge in [0.1, 0.15) is 0 Å². The van der Waals surface area contributed by atoms with E-state index in [1.807, 2.05) is 11.9 Å². The van der Waals surface area contributed by atoms with Gasteiger partial charge in [-0.25, -0.2) is 0 Å². The molecule has 0 aromatic rings. The summed E-state index contributed by atoms with van der Waals surface area (Å²) in [5.74, 6) is 1.10. The van der Waals surface area contributed by atoms with E-state index in [9.17, 15) is 4.79 Å². The fourth-order valence-electron chi connectivity index (χ4n) is 3.60. The van der Waals surface area contributed by atoms with Crippen LogP contribution in [-0.2, 0) is 4.79 Å². The van der Waals surface area contributed by atoms with Crippen molar-refractivity contribution in [2.45, 2.75) is 84.7 Å². The van der Waals surface area contributed by atoms with Crippen LogP contribution >= 0.6 is 0 Å². The number of nitrogens with one attached hydrogen (secondary N) is 1. The minimum atomic E-state index is 0.136. The molecule has 1 N–H and O–H groups in total. The summed E-state index contributed by atoms with van der Waals surface area (Å²) in [6, 6.07) is 0.436. The van der Waals surface area contributed by atoms with Crippen molar-refractivity contribution in [3.8, 4) is 0 Å². The molecule has 1 fully saturated rings. The summed E-state index contributed by atoms with van der Waals surface area (Å²) < 4.78 is 0. The molecule has 0 aliphatic carbocycles. The molecule has 4 nitrogen and oxygen atoms in total. The molecule has 1 heterocycles. The van der Waals surface area contributed by atoms with Crippen molar-refractivity contribution in [3.63, 3.8) is 0 Å². The molecule has 1 aliphatic heterocycles. The topological polar surface area (TPSA) is 35.6 Å². The molecule has 142 valence electrons. The Labute approximate surface area is 150 Å². The van der Waals surface area contributed by atoms with E-state index in [1.165, 1.54) is 19.4 Å². The average molecular weight is 340 g/mol. The maximum atomic E-state index is 12.4. The van der Waals surface area contributed by atoms with Crippen LogP contribution in [0.5, 0.6) is 0 Å². The van der Waals surface area contributed by atoms with Crippen molar-refractivity contribution in [2.24, 2.45) is 5.92 Å². The summed E-state index contributed by atoms with van der Waals surface area (Å²) >= 11 is 0. The second kappa shape index (κ2) is 10.4. The predicted octanol–water partition coefficient (Wildman–Crippen LogP) is 3.51. The van der Waals surface area contributed by atoms with Crippen molar-refractivity contribution in [1.82, 2.24) is 15.1 Å². The molecular weight excluding hydrogens is 298 g/mol. The van der Waals surface area contributed by atoms with Gasteiger partial charge in [0, 0.05) is 44.7 Å². The van der Waals surface area contributed by atoms with Crippen LogP contribution in [0.25, 0.3) is 0 Å². The lowest BCUT2D eigenvalue weighted by atomic mass is 10.00. The molecule has 0 bridgehead atoms. The van der Waals surface area contributed by atoms with Crippen LogP contribution in [0.4, 0.5) is 0 Å². The maximum absolute atomic E-state index is 12.4. The third kappa shape index (κ3) is 8.48. The van der Waals surface area contributed by atoms with Gasteiger partial charge in [0.2, 0.25) is 5.91 Å². The number of piperidine rings is 1. The second-order valence-electron chi connectivity index (χ2n) is 8.71. The van der Waals surface area contributed by atoms with Crippen molar-refractivity contribution < 1.29 is 4.79 Å². The largest absolute Gasteiger partial charge is 0.343 e. The van der Waals surface area contributed by atoms with E-state index >= 15 is 0 Å². The first kappa shape index (κ1) is 21.4. The fraction of sp³-hybridized carbons (Fsp3) is 0.950. The van der Waals surface area contributed by atoms with Gasteiger partial charge >= 0.3 is 0 Å². The third-order valence-electron chi connectivity index (χ3n) is 5.07. The molecule has 0 saturated carbocycles. The monoisotopic (exact) mass is 339 g/mol. The molecular formula is C20H41N3O. The molecule has 1 rings (SSSR count). The van der Waals surface area contributed by atoms with Crippen LogP contribution in [0.3, 0.4) is 0 Å². The Morgan fingerprint density at radius 1 is 1.29 bits per heavy atom. The van der Waals surface area contributed by atoms with Gasteiger partial charge in [-0.3, -0.25) is 4.79 Å². The van der Waals surface area contributed by atoms with Gasteiger partial charge in [-0.15, -0.1) is 0 Å². The van der Waals surface area contributed by atoms with E-state index in [0.29, 0.717) is 18.4 Å². The van der Waals surface area contributed by atoms with Gasteiger partial charge in [-0.2, -0.15) is 0 Å². The standard InChI is InChI=1S/C20H41N3O/c1-7-9-17(2)16-23-14-11-18(12-15-23)22(6)19(24)10-8-13-21-20(3,4)5/h17-18,21H,7-16H2,1-6H3. The quantitative estimate of drug-likeness (QED) is 0.653. The summed E-state index contributed by atoms with van der Waals surface area (Å²) in [6.07, 6.45) is 6.43. The summed E-state index contributed by atoms with van der Waals surface area (Å²) in [5, 5.41) is 3.45. The average Bonchev–Trinajstić information content (AvgIpc) is 2.50. The zero-order valence-electron chi connectivity index (χ0n) is 17.0. The Balaban J connectivity index is 2.24. The third-order valence-corrected chi connectivity index (χ3v) is 5.07. The first-order valence-corrected chi connectivity index (χ1v) is 9.96. The lowest BCUT2D eigenvalue weighted by Crippen LogP contribution is -2.46. The Kier molecular flexibility index (Phi) is 9.28. The minimum Gasteiger partial charge on any atom is -0.343 e. The van der Waals surface area contributed by atoms with E-state index in [2.05, 4.69) is 44.8 Å². The molecule has 4 heteroatoms. The number of likely N-dealkylation sites (tertiary alicyclic amines) is 1. The Hall–Kier alpha value is -0.610. The molecule has 0 spiro atoms. The number of carbonyl (C=O) groups excluding carboxylic acids is 1. The van der Waals surface area contributed by atoms with Crippen molar-refractivity contribution in [1.29, 1.82) is 0 Å². The van der Waals surface area contributed by atoms with Crippen molar-refractivity contribution in [2.75, 3.05) is 33.2 Å². The first-order valence-electron chi connectivity index (χ1n) is 9.96. The zero-order valence-corrected chi connectivity index (χ0v) is 17.0. The maximum Gasteiger partial charge on any atom is 0.222 e. The molecule has 1 saturated heterocycles. The van der Waals surface area contributed by atoms with Crippen LogP contribution in [-0.4, -0.2) is 60.5 Å². The Morgan fingerprint density at radius 3 is 2.46 bits per heavy atom. The molecule has 0 aromatic heterocycles. The van der Waals surface area contributed by atoms with E-state index in [1.54, 1.807) is 0 Å². The van der Waals surface area contributed by atoms with E-state index in [4.69, 9.17) is 0 Å². The van der Waals surface area contributed by atoms with Crippen LogP contribution in [0.1, 0.15) is 73.1 Å². The van der Waals surface area contributed by atoms with Gasteiger partial charge in [0.15, 0.2) is 0 Å². The van der Waals surface area contributed by atoms with E-state index in [0.717, 1.165) is 44.8 Å². The smallest absolute Gasteiger partial charge is 0.222 e. The van der Waals surface area contributed by atoms with Crippen molar-refractivity contribution in [3.05, 3.63) is 0 Å². The summed E-state index contributed by atoms with van der Waals surface area (Å²) in [6.45, 7) is 15.5. The van der Waals surface area contributed by atoms with Gasteiger partial charge in [-0.05, 0) is 58.9 Å². The SMILES string of the molecule is CCCC(C)CN1CCC(N(C)C(=O)CCCNC(C)(C)C)CC1. The highest BCUT2D eigenvalue weighted by molar-refractivity contribution is 5.76. The fourth-order valence-corrected chi connectivity index (χ4v) is 3.60. The van der Waals surface area contributed by atoms with Gasteiger partial charge in [-0.1, -0.05) is 20.3 Å². The number of carbonyl (C=O) groups is 1. The normalized spacial score (nSPS) is 18.6. The van der Waals surface area contributed by atoms with E-state index < -0.39 is 0 Å². The highest BCUT2D eigenvalue weighted by atomic mass is 16.2. The number of hydrogen-bond donors (Lipinski definition) is 1. The van der Waals surface area contributed by atoms with Crippen LogP contribution in [0, 0.1) is 5.92 Å². The minimum absolute atomic E-state index is 0.136. The molecule has 1 amide bonds. The molecule has 1 unspecified atom stereocenters. The predicted molar refractivity (Wildman–Crippen MR) is 103 cm³/mol. The molecule has 0 radical (unpaired) electrons. The highest BCUT2D eigenvalue weighted by Crippen LogP contribution is 2.18. The second-order valence-corrected chi connectivity index (χ2v) is 8.71. The summed E-state index contributed by atoms with van der Waals surface area (Å²) in [4.78, 5) is 17.0. The van der Waals surface area contributed by atoms with Crippen LogP contribution in [0.15, 0.2) is 0 Å². The first-order chi connectivity index (χ1) is 11.2. The molecule has 1 atom stereocenters. The Bertz CT molecular complexity index is 356. The number of nitrogens with zero attached hydrogens (tertiary/aromatic N) is 2. The van der Waals surface area contributed by atoms with Crippen molar-refractivity contribution >= 4 is 5.91 Å². The number of rotatable bonds is 9. The van der Waals surface area contributed by atoms with Gasteiger partial charge < -0.3 is 15.1 Å². The van der Waals surface area contributed by atoms with Crippen LogP contribution < -0.4 is 5.32 Å².